The molecule has 0 saturated carbocycles. The van der Waals surface area contributed by atoms with Crippen LogP contribution in [0.2, 0.25) is 0 Å². The smallest absolute Gasteiger partial charge is 0.129 e. The molecule has 1 rings (SSSR count). The van der Waals surface area contributed by atoms with Crippen molar-refractivity contribution in [2.45, 2.75) is 26.2 Å². The average Bonchev–Trinajstić information content (AvgIpc) is 2.09. The molecule has 1 aromatic carbocycles. The van der Waals surface area contributed by atoms with Crippen molar-refractivity contribution >= 4 is 0 Å². The molecule has 0 heterocycles. The van der Waals surface area contributed by atoms with Crippen LogP contribution >= 0.6 is 0 Å². The van der Waals surface area contributed by atoms with Crippen molar-refractivity contribution in [3.05, 3.63) is 35.1 Å². The second-order valence-electron chi connectivity index (χ2n) is 4.02. The first kappa shape index (κ1) is 10.2. The number of hydrogen-bond donors (Lipinski definition) is 1. The summed E-state index contributed by atoms with van der Waals surface area (Å²) in [5, 5.41) is 0. The molecule has 0 spiro atoms. The molecular weight excluding hydrogens is 165 g/mol. The topological polar surface area (TPSA) is 26.0 Å². The van der Waals surface area contributed by atoms with Crippen LogP contribution in [0.3, 0.4) is 0 Å². The summed E-state index contributed by atoms with van der Waals surface area (Å²) in [5.74, 6) is -0.127. The van der Waals surface area contributed by atoms with Crippen molar-refractivity contribution in [2.24, 2.45) is 5.73 Å². The van der Waals surface area contributed by atoms with Gasteiger partial charge in [-0.2, -0.15) is 0 Å². The number of nitrogens with two attached hydrogens (primary N) is 1. The molecule has 0 aliphatic carbocycles. The predicted molar refractivity (Wildman–Crippen MR) is 53.2 cm³/mol. The minimum absolute atomic E-state index is 0.127. The molecule has 0 aliphatic heterocycles. The number of rotatable bonds is 2. The summed E-state index contributed by atoms with van der Waals surface area (Å²) >= 11 is 0. The van der Waals surface area contributed by atoms with Gasteiger partial charge in [-0.1, -0.05) is 32.0 Å². The number of halogens is 1. The Morgan fingerprint density at radius 3 is 2.54 bits per heavy atom. The zero-order chi connectivity index (χ0) is 10.1. The molecule has 0 atom stereocenters. The Morgan fingerprint density at radius 1 is 1.38 bits per heavy atom. The molecule has 72 valence electrons. The van der Waals surface area contributed by atoms with Gasteiger partial charge in [-0.05, 0) is 18.1 Å². The third-order valence-corrected chi connectivity index (χ3v) is 2.43. The maximum absolute atomic E-state index is 13.6. The summed E-state index contributed by atoms with van der Waals surface area (Å²) in [4.78, 5) is 0. The van der Waals surface area contributed by atoms with Gasteiger partial charge in [0.1, 0.15) is 5.82 Å². The van der Waals surface area contributed by atoms with Gasteiger partial charge < -0.3 is 5.73 Å². The van der Waals surface area contributed by atoms with E-state index in [-0.39, 0.29) is 11.2 Å². The van der Waals surface area contributed by atoms with Crippen molar-refractivity contribution in [3.63, 3.8) is 0 Å². The molecule has 0 aromatic heterocycles. The second-order valence-corrected chi connectivity index (χ2v) is 4.02. The quantitative estimate of drug-likeness (QED) is 0.744. The van der Waals surface area contributed by atoms with E-state index >= 15 is 0 Å². The Labute approximate surface area is 78.8 Å². The summed E-state index contributed by atoms with van der Waals surface area (Å²) in [5.41, 5.74) is 6.69. The van der Waals surface area contributed by atoms with Crippen molar-refractivity contribution < 1.29 is 4.39 Å². The van der Waals surface area contributed by atoms with Crippen LogP contribution in [-0.2, 0) is 5.41 Å². The van der Waals surface area contributed by atoms with Gasteiger partial charge in [-0.15, -0.1) is 0 Å². The van der Waals surface area contributed by atoms with Gasteiger partial charge in [0.25, 0.3) is 0 Å². The third-order valence-electron chi connectivity index (χ3n) is 2.43. The van der Waals surface area contributed by atoms with E-state index in [1.54, 1.807) is 19.1 Å². The van der Waals surface area contributed by atoms with Gasteiger partial charge in [-0.3, -0.25) is 0 Å². The average molecular weight is 181 g/mol. The summed E-state index contributed by atoms with van der Waals surface area (Å²) in [6.07, 6.45) is 0. The van der Waals surface area contributed by atoms with Gasteiger partial charge in [-0.25, -0.2) is 4.39 Å². The van der Waals surface area contributed by atoms with E-state index in [1.807, 2.05) is 19.9 Å². The van der Waals surface area contributed by atoms with Crippen LogP contribution in [-0.4, -0.2) is 6.54 Å². The van der Waals surface area contributed by atoms with Crippen molar-refractivity contribution in [3.8, 4) is 0 Å². The highest BCUT2D eigenvalue weighted by Gasteiger charge is 2.22. The molecule has 2 N–H and O–H groups in total. The lowest BCUT2D eigenvalue weighted by molar-refractivity contribution is 0.490. The Hall–Kier alpha value is -0.890. The number of hydrogen-bond acceptors (Lipinski definition) is 1. The van der Waals surface area contributed by atoms with Gasteiger partial charge in [0, 0.05) is 12.0 Å². The van der Waals surface area contributed by atoms with Crippen LogP contribution in [0.5, 0.6) is 0 Å². The molecule has 1 aromatic rings. The fourth-order valence-corrected chi connectivity index (χ4v) is 1.28. The maximum atomic E-state index is 13.6. The van der Waals surface area contributed by atoms with E-state index in [1.165, 1.54) is 0 Å². The molecule has 0 unspecified atom stereocenters. The lowest BCUT2D eigenvalue weighted by atomic mass is 9.84. The van der Waals surface area contributed by atoms with E-state index in [2.05, 4.69) is 0 Å². The van der Waals surface area contributed by atoms with E-state index in [0.717, 1.165) is 0 Å². The summed E-state index contributed by atoms with van der Waals surface area (Å²) < 4.78 is 13.6. The molecule has 0 fully saturated rings. The summed E-state index contributed by atoms with van der Waals surface area (Å²) in [6, 6.07) is 5.44. The molecule has 1 nitrogen and oxygen atoms in total. The second kappa shape index (κ2) is 3.46. The minimum atomic E-state index is -0.282. The highest BCUT2D eigenvalue weighted by Crippen LogP contribution is 2.25. The molecule has 2 heteroatoms. The van der Waals surface area contributed by atoms with E-state index in [4.69, 9.17) is 5.73 Å². The summed E-state index contributed by atoms with van der Waals surface area (Å²) in [6.45, 7) is 6.12. The first-order chi connectivity index (χ1) is 5.99. The highest BCUT2D eigenvalue weighted by molar-refractivity contribution is 5.30. The largest absolute Gasteiger partial charge is 0.330 e. The number of benzene rings is 1. The van der Waals surface area contributed by atoms with E-state index < -0.39 is 0 Å². The van der Waals surface area contributed by atoms with Gasteiger partial charge >= 0.3 is 0 Å². The predicted octanol–water partition coefficient (Wildman–Crippen LogP) is 2.37. The van der Waals surface area contributed by atoms with Crippen LogP contribution < -0.4 is 5.73 Å². The molecule has 0 radical (unpaired) electrons. The summed E-state index contributed by atoms with van der Waals surface area (Å²) in [7, 11) is 0. The molecule has 0 aliphatic rings. The number of aryl methyl sites for hydroxylation is 1. The lowest BCUT2D eigenvalue weighted by Gasteiger charge is -2.24. The van der Waals surface area contributed by atoms with Gasteiger partial charge in [0.2, 0.25) is 0 Å². The van der Waals surface area contributed by atoms with Crippen molar-refractivity contribution in [1.82, 2.24) is 0 Å². The third kappa shape index (κ3) is 1.89. The Kier molecular flexibility index (Phi) is 2.71. The van der Waals surface area contributed by atoms with Gasteiger partial charge in [0.05, 0.1) is 0 Å². The molecule has 13 heavy (non-hydrogen) atoms. The molecule has 0 saturated heterocycles. The monoisotopic (exact) mass is 181 g/mol. The van der Waals surface area contributed by atoms with Crippen molar-refractivity contribution in [2.75, 3.05) is 6.54 Å². The first-order valence-electron chi connectivity index (χ1n) is 4.44. The molecule has 0 bridgehead atoms. The zero-order valence-corrected chi connectivity index (χ0v) is 8.39. The molecular formula is C11H16FN. The van der Waals surface area contributed by atoms with Crippen LogP contribution in [0.4, 0.5) is 4.39 Å². The van der Waals surface area contributed by atoms with E-state index in [9.17, 15) is 4.39 Å². The fraction of sp³-hybridized carbons (Fsp3) is 0.455. The van der Waals surface area contributed by atoms with Crippen LogP contribution in [0.1, 0.15) is 25.0 Å². The minimum Gasteiger partial charge on any atom is -0.330 e. The zero-order valence-electron chi connectivity index (χ0n) is 8.39. The van der Waals surface area contributed by atoms with Crippen molar-refractivity contribution in [1.29, 1.82) is 0 Å². The highest BCUT2D eigenvalue weighted by atomic mass is 19.1. The standard InChI is InChI=1S/C11H16FN/c1-8-5-4-6-9(10(8)12)11(2,3)7-13/h4-6H,7,13H2,1-3H3. The van der Waals surface area contributed by atoms with Crippen LogP contribution in [0.15, 0.2) is 18.2 Å². The maximum Gasteiger partial charge on any atom is 0.129 e. The lowest BCUT2D eigenvalue weighted by Crippen LogP contribution is -2.29. The van der Waals surface area contributed by atoms with Gasteiger partial charge in [0.15, 0.2) is 0 Å². The van der Waals surface area contributed by atoms with E-state index in [0.29, 0.717) is 17.7 Å². The Bertz CT molecular complexity index is 305. The fourth-order valence-electron chi connectivity index (χ4n) is 1.28. The Morgan fingerprint density at radius 2 is 2.00 bits per heavy atom. The van der Waals surface area contributed by atoms with Crippen LogP contribution in [0, 0.1) is 12.7 Å². The normalized spacial score (nSPS) is 11.8. The Balaban J connectivity index is 3.22. The first-order valence-corrected chi connectivity index (χ1v) is 4.44. The molecule has 0 amide bonds. The SMILES string of the molecule is Cc1cccc(C(C)(C)CN)c1F. The van der Waals surface area contributed by atoms with Crippen LogP contribution in [0.25, 0.3) is 0 Å².